The van der Waals surface area contributed by atoms with Gasteiger partial charge in [0.25, 0.3) is 0 Å². The Morgan fingerprint density at radius 1 is 1.10 bits per heavy atom. The molecule has 0 radical (unpaired) electrons. The number of aromatic nitrogens is 1. The number of hydrogen-bond donors (Lipinski definition) is 0. The van der Waals surface area contributed by atoms with Gasteiger partial charge in [0.05, 0.1) is 30.7 Å². The zero-order valence-corrected chi connectivity index (χ0v) is 17.0. The quantitative estimate of drug-likeness (QED) is 0.410. The molecule has 6 heteroatoms. The first-order valence-electron chi connectivity index (χ1n) is 9.09. The second-order valence-electron chi connectivity index (χ2n) is 6.04. The number of hydrogen-bond acceptors (Lipinski definition) is 6. The summed E-state index contributed by atoms with van der Waals surface area (Å²) in [5, 5.41) is 10.4. The molecule has 0 unspecified atom stereocenters. The molecule has 3 rings (SSSR count). The zero-order valence-electron chi connectivity index (χ0n) is 16.2. The lowest BCUT2D eigenvalue weighted by atomic mass is 9.99. The van der Waals surface area contributed by atoms with E-state index >= 15 is 0 Å². The lowest BCUT2D eigenvalue weighted by Gasteiger charge is -2.13. The minimum atomic E-state index is -0.334. The predicted molar refractivity (Wildman–Crippen MR) is 114 cm³/mol. The third kappa shape index (κ3) is 4.95. The van der Waals surface area contributed by atoms with Crippen molar-refractivity contribution in [2.75, 3.05) is 19.5 Å². The van der Waals surface area contributed by atoms with Crippen molar-refractivity contribution in [3.05, 3.63) is 66.2 Å². The van der Waals surface area contributed by atoms with E-state index in [1.54, 1.807) is 14.0 Å². The maximum absolute atomic E-state index is 11.8. The van der Waals surface area contributed by atoms with E-state index in [2.05, 4.69) is 11.1 Å². The van der Waals surface area contributed by atoms with Crippen LogP contribution >= 0.6 is 11.8 Å². The van der Waals surface area contributed by atoms with Crippen LogP contribution in [0.4, 0.5) is 0 Å². The number of rotatable bonds is 7. The molecule has 0 saturated heterocycles. The molecular formula is C23H20N2O3S. The number of esters is 1. The molecule has 0 aliphatic carbocycles. The fourth-order valence-electron chi connectivity index (χ4n) is 2.82. The predicted octanol–water partition coefficient (Wildman–Crippen LogP) is 4.95. The van der Waals surface area contributed by atoms with E-state index in [4.69, 9.17) is 9.47 Å². The highest BCUT2D eigenvalue weighted by atomic mass is 32.2. The molecule has 29 heavy (non-hydrogen) atoms. The fraction of sp³-hybridized carbons (Fsp3) is 0.174. The molecule has 0 saturated carbocycles. The third-order valence-corrected chi connectivity index (χ3v) is 5.15. The Balaban J connectivity index is 2.10. The van der Waals surface area contributed by atoms with Gasteiger partial charge in [0.2, 0.25) is 0 Å². The van der Waals surface area contributed by atoms with E-state index in [0.29, 0.717) is 17.2 Å². The van der Waals surface area contributed by atoms with Crippen molar-refractivity contribution in [2.24, 2.45) is 0 Å². The molecule has 1 heterocycles. The molecule has 2 aromatic carbocycles. The highest BCUT2D eigenvalue weighted by Gasteiger charge is 2.17. The van der Waals surface area contributed by atoms with Crippen molar-refractivity contribution >= 4 is 17.7 Å². The highest BCUT2D eigenvalue weighted by Crippen LogP contribution is 2.34. The number of carbonyl (C=O) groups excluding carboxylic acids is 1. The van der Waals surface area contributed by atoms with Crippen molar-refractivity contribution in [1.29, 1.82) is 5.26 Å². The maximum Gasteiger partial charge on any atom is 0.316 e. The molecule has 0 amide bonds. The van der Waals surface area contributed by atoms with Gasteiger partial charge in [-0.05, 0) is 30.7 Å². The lowest BCUT2D eigenvalue weighted by Crippen LogP contribution is -2.07. The van der Waals surface area contributed by atoms with E-state index in [0.717, 1.165) is 28.1 Å². The van der Waals surface area contributed by atoms with Crippen LogP contribution < -0.4 is 4.74 Å². The van der Waals surface area contributed by atoms with Gasteiger partial charge in [-0.3, -0.25) is 4.79 Å². The largest absolute Gasteiger partial charge is 0.497 e. The molecule has 0 N–H and O–H groups in total. The second kappa shape index (κ2) is 9.76. The van der Waals surface area contributed by atoms with Crippen LogP contribution in [0.5, 0.6) is 5.75 Å². The summed E-state index contributed by atoms with van der Waals surface area (Å²) in [6, 6.07) is 21.4. The van der Waals surface area contributed by atoms with Crippen molar-refractivity contribution in [1.82, 2.24) is 4.98 Å². The summed E-state index contributed by atoms with van der Waals surface area (Å²) in [7, 11) is 1.61. The SMILES string of the molecule is CCOC(=O)CSc1nc(-c2ccccc2)cc(-c2ccc(OC)cc2)c1C#N. The number of thioether (sulfide) groups is 1. The van der Waals surface area contributed by atoms with Crippen molar-refractivity contribution < 1.29 is 14.3 Å². The minimum Gasteiger partial charge on any atom is -0.497 e. The summed E-state index contributed by atoms with van der Waals surface area (Å²) in [6.07, 6.45) is 0. The van der Waals surface area contributed by atoms with Crippen LogP contribution in [-0.4, -0.2) is 30.4 Å². The summed E-state index contributed by atoms with van der Waals surface area (Å²) in [5.74, 6) is 0.497. The van der Waals surface area contributed by atoms with E-state index < -0.39 is 0 Å². The minimum absolute atomic E-state index is 0.0931. The number of carbonyl (C=O) groups is 1. The first kappa shape index (κ1) is 20.4. The average molecular weight is 404 g/mol. The van der Waals surface area contributed by atoms with E-state index in [-0.39, 0.29) is 11.7 Å². The standard InChI is InChI=1S/C23H20N2O3S/c1-3-28-22(26)15-29-23-20(14-24)19(16-9-11-18(27-2)12-10-16)13-21(25-23)17-7-5-4-6-8-17/h4-13H,3,15H2,1-2H3. The smallest absolute Gasteiger partial charge is 0.316 e. The van der Waals surface area contributed by atoms with Gasteiger partial charge in [-0.25, -0.2) is 4.98 Å². The number of nitriles is 1. The molecule has 0 atom stereocenters. The molecular weight excluding hydrogens is 384 g/mol. The van der Waals surface area contributed by atoms with Gasteiger partial charge < -0.3 is 9.47 Å². The number of methoxy groups -OCH3 is 1. The molecule has 0 bridgehead atoms. The van der Waals surface area contributed by atoms with Crippen LogP contribution in [0.3, 0.4) is 0 Å². The van der Waals surface area contributed by atoms with Crippen LogP contribution in [0.1, 0.15) is 12.5 Å². The topological polar surface area (TPSA) is 72.2 Å². The fourth-order valence-corrected chi connectivity index (χ4v) is 3.62. The van der Waals surface area contributed by atoms with Crippen LogP contribution in [0.15, 0.2) is 65.7 Å². The first-order valence-corrected chi connectivity index (χ1v) is 10.1. The van der Waals surface area contributed by atoms with E-state index in [9.17, 15) is 10.1 Å². The Hall–Kier alpha value is -3.30. The van der Waals surface area contributed by atoms with Gasteiger partial charge in [-0.1, -0.05) is 54.2 Å². The third-order valence-electron chi connectivity index (χ3n) is 4.20. The molecule has 5 nitrogen and oxygen atoms in total. The van der Waals surface area contributed by atoms with Crippen LogP contribution in [0, 0.1) is 11.3 Å². The Kier molecular flexibility index (Phi) is 6.88. The van der Waals surface area contributed by atoms with Gasteiger partial charge in [-0.15, -0.1) is 0 Å². The van der Waals surface area contributed by atoms with Gasteiger partial charge in [0, 0.05) is 11.1 Å². The van der Waals surface area contributed by atoms with Gasteiger partial charge in [-0.2, -0.15) is 5.26 Å². The Morgan fingerprint density at radius 2 is 1.83 bits per heavy atom. The summed E-state index contributed by atoms with van der Waals surface area (Å²) in [6.45, 7) is 2.08. The number of nitrogens with zero attached hydrogens (tertiary/aromatic N) is 2. The Morgan fingerprint density at radius 3 is 2.45 bits per heavy atom. The summed E-state index contributed by atoms with van der Waals surface area (Å²) in [5.41, 5.74) is 3.74. The van der Waals surface area contributed by atoms with Crippen molar-refractivity contribution in [3.63, 3.8) is 0 Å². The molecule has 0 aliphatic heterocycles. The second-order valence-corrected chi connectivity index (χ2v) is 7.00. The van der Waals surface area contributed by atoms with Crippen molar-refractivity contribution in [2.45, 2.75) is 11.9 Å². The van der Waals surface area contributed by atoms with E-state index in [1.807, 2.05) is 60.7 Å². The molecule has 0 aliphatic rings. The maximum atomic E-state index is 11.8. The molecule has 0 spiro atoms. The molecule has 146 valence electrons. The average Bonchev–Trinajstić information content (AvgIpc) is 2.78. The monoisotopic (exact) mass is 404 g/mol. The Labute approximate surface area is 174 Å². The number of ether oxygens (including phenoxy) is 2. The van der Waals surface area contributed by atoms with Crippen LogP contribution in [0.2, 0.25) is 0 Å². The molecule has 1 aromatic heterocycles. The molecule has 3 aromatic rings. The highest BCUT2D eigenvalue weighted by molar-refractivity contribution is 7.99. The first-order chi connectivity index (χ1) is 14.2. The lowest BCUT2D eigenvalue weighted by molar-refractivity contribution is -0.139. The van der Waals surface area contributed by atoms with Gasteiger partial charge in [0.15, 0.2) is 0 Å². The summed E-state index contributed by atoms with van der Waals surface area (Å²) >= 11 is 1.21. The van der Waals surface area contributed by atoms with Crippen LogP contribution in [-0.2, 0) is 9.53 Å². The van der Waals surface area contributed by atoms with E-state index in [1.165, 1.54) is 11.8 Å². The summed E-state index contributed by atoms with van der Waals surface area (Å²) in [4.78, 5) is 16.5. The normalized spacial score (nSPS) is 10.2. The van der Waals surface area contributed by atoms with Crippen LogP contribution in [0.25, 0.3) is 22.4 Å². The van der Waals surface area contributed by atoms with Gasteiger partial charge >= 0.3 is 5.97 Å². The number of benzene rings is 2. The summed E-state index contributed by atoms with van der Waals surface area (Å²) < 4.78 is 10.2. The Bertz CT molecular complexity index is 1030. The zero-order chi connectivity index (χ0) is 20.6. The molecule has 0 fully saturated rings. The van der Waals surface area contributed by atoms with Gasteiger partial charge in [0.1, 0.15) is 16.8 Å². The van der Waals surface area contributed by atoms with Crippen molar-refractivity contribution in [3.8, 4) is 34.2 Å². The number of pyridine rings is 1.